The van der Waals surface area contributed by atoms with Crippen molar-refractivity contribution in [3.05, 3.63) is 63.2 Å². The summed E-state index contributed by atoms with van der Waals surface area (Å²) in [5, 5.41) is 22.9. The first-order chi connectivity index (χ1) is 13.3. The van der Waals surface area contributed by atoms with Gasteiger partial charge in [-0.1, -0.05) is 17.7 Å². The van der Waals surface area contributed by atoms with E-state index in [1.54, 1.807) is 6.07 Å². The number of rotatable bonds is 7. The van der Waals surface area contributed by atoms with Gasteiger partial charge in [0.15, 0.2) is 18.1 Å². The van der Waals surface area contributed by atoms with Gasteiger partial charge < -0.3 is 19.9 Å². The van der Waals surface area contributed by atoms with E-state index in [1.807, 2.05) is 0 Å². The van der Waals surface area contributed by atoms with Crippen LogP contribution in [0.15, 0.2) is 42.5 Å². The maximum absolute atomic E-state index is 11.9. The molecular weight excluding hydrogens is 392 g/mol. The number of methoxy groups -OCH3 is 1. The number of carbonyl (C=O) groups excluding carboxylic acids is 2. The van der Waals surface area contributed by atoms with E-state index in [-0.39, 0.29) is 27.9 Å². The van der Waals surface area contributed by atoms with E-state index in [1.165, 1.54) is 37.5 Å². The first kappa shape index (κ1) is 20.7. The molecule has 0 saturated heterocycles. The highest BCUT2D eigenvalue weighted by Gasteiger charge is 2.17. The van der Waals surface area contributed by atoms with E-state index < -0.39 is 23.4 Å². The highest BCUT2D eigenvalue weighted by molar-refractivity contribution is 6.31. The number of hydrogen-bond acceptors (Lipinski definition) is 7. The Kier molecular flexibility index (Phi) is 6.94. The minimum atomic E-state index is -0.798. The van der Waals surface area contributed by atoms with Gasteiger partial charge in [0.25, 0.3) is 11.6 Å². The molecule has 2 N–H and O–H groups in total. The molecule has 2 aromatic carbocycles. The Labute approximate surface area is 164 Å². The molecule has 0 radical (unpaired) electrons. The number of nitro groups is 1. The molecule has 9 nitrogen and oxygen atoms in total. The Morgan fingerprint density at radius 2 is 2.04 bits per heavy atom. The van der Waals surface area contributed by atoms with Crippen molar-refractivity contribution in [2.24, 2.45) is 0 Å². The second-order valence-corrected chi connectivity index (χ2v) is 5.78. The minimum absolute atomic E-state index is 0.0461. The van der Waals surface area contributed by atoms with E-state index in [0.717, 1.165) is 12.1 Å². The van der Waals surface area contributed by atoms with Crippen LogP contribution in [0.3, 0.4) is 0 Å². The molecule has 0 bridgehead atoms. The zero-order valence-electron chi connectivity index (χ0n) is 14.5. The highest BCUT2D eigenvalue weighted by atomic mass is 35.5. The Morgan fingerprint density at radius 1 is 1.29 bits per heavy atom. The number of nitrogens with zero attached hydrogens (tertiary/aromatic N) is 1. The van der Waals surface area contributed by atoms with Gasteiger partial charge in [0.05, 0.1) is 12.0 Å². The van der Waals surface area contributed by atoms with Crippen LogP contribution in [0.5, 0.6) is 11.5 Å². The molecule has 2 aromatic rings. The van der Waals surface area contributed by atoms with E-state index in [2.05, 4.69) is 5.32 Å². The number of anilines is 1. The summed E-state index contributed by atoms with van der Waals surface area (Å²) >= 11 is 5.70. The fraction of sp³-hybridized carbons (Fsp3) is 0.111. The molecule has 0 unspecified atom stereocenters. The van der Waals surface area contributed by atoms with Crippen molar-refractivity contribution in [2.75, 3.05) is 19.0 Å². The Hall–Kier alpha value is -3.59. The number of carbonyl (C=O) groups is 2. The van der Waals surface area contributed by atoms with Gasteiger partial charge in [-0.3, -0.25) is 14.9 Å². The topological polar surface area (TPSA) is 128 Å². The fourth-order valence-corrected chi connectivity index (χ4v) is 2.26. The molecule has 0 heterocycles. The van der Waals surface area contributed by atoms with Crippen molar-refractivity contribution in [2.45, 2.75) is 0 Å². The molecular formula is C18H15ClN2O7. The zero-order chi connectivity index (χ0) is 20.7. The average Bonchev–Trinajstić information content (AvgIpc) is 2.66. The minimum Gasteiger partial charge on any atom is -0.504 e. The number of ether oxygens (including phenoxy) is 2. The van der Waals surface area contributed by atoms with Gasteiger partial charge in [0, 0.05) is 17.2 Å². The number of phenolic OH excluding ortho intramolecular Hbond substituents is 1. The van der Waals surface area contributed by atoms with Gasteiger partial charge in [-0.25, -0.2) is 4.79 Å². The molecule has 0 atom stereocenters. The molecule has 0 aliphatic heterocycles. The molecule has 10 heteroatoms. The van der Waals surface area contributed by atoms with Gasteiger partial charge in [-0.15, -0.1) is 0 Å². The van der Waals surface area contributed by atoms with Crippen LogP contribution in [0.1, 0.15) is 5.56 Å². The highest BCUT2D eigenvalue weighted by Crippen LogP contribution is 2.28. The van der Waals surface area contributed by atoms with Crippen LogP contribution in [0, 0.1) is 10.1 Å². The predicted octanol–water partition coefficient (Wildman–Crippen LogP) is 3.16. The molecule has 28 heavy (non-hydrogen) atoms. The maximum atomic E-state index is 11.9. The maximum Gasteiger partial charge on any atom is 0.331 e. The molecule has 0 aromatic heterocycles. The molecule has 0 aliphatic carbocycles. The van der Waals surface area contributed by atoms with Crippen molar-refractivity contribution in [1.82, 2.24) is 0 Å². The largest absolute Gasteiger partial charge is 0.504 e. The average molecular weight is 407 g/mol. The molecule has 0 aliphatic rings. The Balaban J connectivity index is 1.92. The van der Waals surface area contributed by atoms with Crippen LogP contribution in [-0.4, -0.2) is 35.6 Å². The van der Waals surface area contributed by atoms with Crippen molar-refractivity contribution >= 4 is 40.9 Å². The van der Waals surface area contributed by atoms with Crippen molar-refractivity contribution in [1.29, 1.82) is 0 Å². The molecule has 0 spiro atoms. The Morgan fingerprint density at radius 3 is 2.71 bits per heavy atom. The number of benzene rings is 2. The van der Waals surface area contributed by atoms with Crippen LogP contribution in [0.4, 0.5) is 11.4 Å². The van der Waals surface area contributed by atoms with Gasteiger partial charge in [-0.05, 0) is 35.9 Å². The zero-order valence-corrected chi connectivity index (χ0v) is 15.3. The summed E-state index contributed by atoms with van der Waals surface area (Å²) in [5.74, 6) is -1.36. The van der Waals surface area contributed by atoms with E-state index in [9.17, 15) is 24.8 Å². The lowest BCUT2D eigenvalue weighted by Gasteiger charge is -2.06. The fourth-order valence-electron chi connectivity index (χ4n) is 2.09. The SMILES string of the molecule is COc1cc(/C=C/C(=O)OCC(=O)Nc2ccc(Cl)cc2[N+](=O)[O-])ccc1O. The van der Waals surface area contributed by atoms with Crippen molar-refractivity contribution in [3.63, 3.8) is 0 Å². The quantitative estimate of drug-likeness (QED) is 0.313. The normalized spacial score (nSPS) is 10.5. The molecule has 1 amide bonds. The summed E-state index contributed by atoms with van der Waals surface area (Å²) in [6.07, 6.45) is 2.50. The summed E-state index contributed by atoms with van der Waals surface area (Å²) in [6.45, 7) is -0.637. The van der Waals surface area contributed by atoms with E-state index in [4.69, 9.17) is 21.1 Å². The Bertz CT molecular complexity index is 944. The molecule has 0 fully saturated rings. The second-order valence-electron chi connectivity index (χ2n) is 5.34. The lowest BCUT2D eigenvalue weighted by Crippen LogP contribution is -2.20. The standard InChI is InChI=1S/C18H15ClN2O7/c1-27-16-8-11(2-6-15(16)22)3-7-18(24)28-10-17(23)20-13-5-4-12(19)9-14(13)21(25)26/h2-9,22H,10H2,1H3,(H,20,23)/b7-3+. The van der Waals surface area contributed by atoms with Gasteiger partial charge >= 0.3 is 5.97 Å². The van der Waals surface area contributed by atoms with Gasteiger partial charge in [0.2, 0.25) is 0 Å². The number of esters is 1. The monoisotopic (exact) mass is 406 g/mol. The molecule has 2 rings (SSSR count). The summed E-state index contributed by atoms with van der Waals surface area (Å²) in [5.41, 5.74) is 0.114. The number of nitrogens with one attached hydrogen (secondary N) is 1. The van der Waals surface area contributed by atoms with E-state index >= 15 is 0 Å². The lowest BCUT2D eigenvalue weighted by molar-refractivity contribution is -0.383. The van der Waals surface area contributed by atoms with Gasteiger partial charge in [-0.2, -0.15) is 0 Å². The molecule has 0 saturated carbocycles. The lowest BCUT2D eigenvalue weighted by atomic mass is 10.2. The third-order valence-corrected chi connectivity index (χ3v) is 3.63. The van der Waals surface area contributed by atoms with Gasteiger partial charge in [0.1, 0.15) is 5.69 Å². The number of halogens is 1. The third kappa shape index (κ3) is 5.71. The van der Waals surface area contributed by atoms with E-state index in [0.29, 0.717) is 5.56 Å². The number of phenols is 1. The summed E-state index contributed by atoms with van der Waals surface area (Å²) in [6, 6.07) is 8.21. The van der Waals surface area contributed by atoms with Crippen LogP contribution >= 0.6 is 11.6 Å². The first-order valence-electron chi connectivity index (χ1n) is 7.76. The van der Waals surface area contributed by atoms with Crippen molar-refractivity contribution in [3.8, 4) is 11.5 Å². The van der Waals surface area contributed by atoms with Crippen LogP contribution in [-0.2, 0) is 14.3 Å². The van der Waals surface area contributed by atoms with Crippen LogP contribution in [0.2, 0.25) is 5.02 Å². The molecule has 146 valence electrons. The number of amides is 1. The number of aromatic hydroxyl groups is 1. The smallest absolute Gasteiger partial charge is 0.331 e. The summed E-state index contributed by atoms with van der Waals surface area (Å²) < 4.78 is 9.74. The number of hydrogen-bond donors (Lipinski definition) is 2. The number of nitro benzene ring substituents is 1. The first-order valence-corrected chi connectivity index (χ1v) is 8.13. The van der Waals surface area contributed by atoms with Crippen molar-refractivity contribution < 1.29 is 29.1 Å². The predicted molar refractivity (Wildman–Crippen MR) is 101 cm³/mol. The summed E-state index contributed by atoms with van der Waals surface area (Å²) in [4.78, 5) is 33.9. The van der Waals surface area contributed by atoms with Crippen LogP contribution < -0.4 is 10.1 Å². The second kappa shape index (κ2) is 9.38. The third-order valence-electron chi connectivity index (χ3n) is 3.39. The summed E-state index contributed by atoms with van der Waals surface area (Å²) in [7, 11) is 1.39. The van der Waals surface area contributed by atoms with Crippen LogP contribution in [0.25, 0.3) is 6.08 Å².